The molecule has 0 heterocycles. The second kappa shape index (κ2) is 6.71. The molecule has 0 radical (unpaired) electrons. The summed E-state index contributed by atoms with van der Waals surface area (Å²) in [5.41, 5.74) is 1.82. The minimum atomic E-state index is -0.203. The van der Waals surface area contributed by atoms with Crippen molar-refractivity contribution in [3.05, 3.63) is 57.2 Å². The van der Waals surface area contributed by atoms with E-state index >= 15 is 0 Å². The van der Waals surface area contributed by atoms with E-state index in [2.05, 4.69) is 27.9 Å². The van der Waals surface area contributed by atoms with Crippen LogP contribution in [0.2, 0.25) is 0 Å². The molecule has 0 aliphatic heterocycles. The van der Waals surface area contributed by atoms with Gasteiger partial charge in [0.2, 0.25) is 0 Å². The van der Waals surface area contributed by atoms with Crippen LogP contribution < -0.4 is 10.1 Å². The Bertz CT molecular complexity index is 680. The van der Waals surface area contributed by atoms with Gasteiger partial charge in [0.25, 0.3) is 5.91 Å². The van der Waals surface area contributed by atoms with Gasteiger partial charge in [0, 0.05) is 16.8 Å². The van der Waals surface area contributed by atoms with Crippen LogP contribution in [0.5, 0.6) is 5.75 Å². The third-order valence-electron chi connectivity index (χ3n) is 2.96. The largest absolute Gasteiger partial charge is 0.496 e. The Morgan fingerprint density at radius 3 is 2.19 bits per heavy atom. The van der Waals surface area contributed by atoms with Crippen molar-refractivity contribution < 1.29 is 14.3 Å². The van der Waals surface area contributed by atoms with E-state index in [0.29, 0.717) is 16.8 Å². The first-order valence-electron chi connectivity index (χ1n) is 6.27. The Kier molecular flexibility index (Phi) is 4.95. The van der Waals surface area contributed by atoms with E-state index in [4.69, 9.17) is 4.74 Å². The number of methoxy groups -OCH3 is 1. The van der Waals surface area contributed by atoms with Crippen LogP contribution >= 0.6 is 22.6 Å². The van der Waals surface area contributed by atoms with Crippen LogP contribution in [0.1, 0.15) is 27.6 Å². The fourth-order valence-corrected chi connectivity index (χ4v) is 2.53. The van der Waals surface area contributed by atoms with Crippen LogP contribution in [0.3, 0.4) is 0 Å². The van der Waals surface area contributed by atoms with Crippen LogP contribution in [0, 0.1) is 3.57 Å². The van der Waals surface area contributed by atoms with Crippen molar-refractivity contribution in [1.29, 1.82) is 0 Å². The summed E-state index contributed by atoms with van der Waals surface area (Å²) in [6, 6.07) is 12.0. The molecule has 0 spiro atoms. The van der Waals surface area contributed by atoms with Crippen molar-refractivity contribution in [3.8, 4) is 5.75 Å². The van der Waals surface area contributed by atoms with E-state index in [9.17, 15) is 9.59 Å². The van der Waals surface area contributed by atoms with Crippen molar-refractivity contribution in [3.63, 3.8) is 0 Å². The standard InChI is InChI=1S/C16H14INO3/c1-10(19)11-3-6-13(7-4-11)18-16(20)12-5-8-15(21-2)14(17)9-12/h3-9H,1-2H3,(H,18,20). The van der Waals surface area contributed by atoms with Gasteiger partial charge in [-0.1, -0.05) is 0 Å². The first kappa shape index (κ1) is 15.5. The Morgan fingerprint density at radius 2 is 1.67 bits per heavy atom. The molecule has 108 valence electrons. The van der Waals surface area contributed by atoms with Crippen molar-refractivity contribution in [2.24, 2.45) is 0 Å². The summed E-state index contributed by atoms with van der Waals surface area (Å²) in [7, 11) is 1.59. The summed E-state index contributed by atoms with van der Waals surface area (Å²) in [4.78, 5) is 23.4. The molecule has 2 aromatic carbocycles. The molecule has 4 nitrogen and oxygen atoms in total. The Hall–Kier alpha value is -1.89. The highest BCUT2D eigenvalue weighted by atomic mass is 127. The van der Waals surface area contributed by atoms with E-state index in [0.717, 1.165) is 9.32 Å². The molecule has 2 aromatic rings. The van der Waals surface area contributed by atoms with Crippen LogP contribution in [0.25, 0.3) is 0 Å². The summed E-state index contributed by atoms with van der Waals surface area (Å²) < 4.78 is 6.03. The quantitative estimate of drug-likeness (QED) is 0.634. The maximum absolute atomic E-state index is 12.2. The zero-order chi connectivity index (χ0) is 15.4. The molecule has 1 N–H and O–H groups in total. The lowest BCUT2D eigenvalue weighted by Gasteiger charge is -2.08. The smallest absolute Gasteiger partial charge is 0.255 e. The number of hydrogen-bond acceptors (Lipinski definition) is 3. The number of Topliss-reactive ketones (excluding diaryl/α,β-unsaturated/α-hetero) is 1. The first-order chi connectivity index (χ1) is 10.0. The van der Waals surface area contributed by atoms with Crippen LogP contribution in [0.15, 0.2) is 42.5 Å². The number of halogens is 1. The second-order valence-electron chi connectivity index (χ2n) is 4.44. The molecule has 0 saturated carbocycles. The zero-order valence-electron chi connectivity index (χ0n) is 11.6. The van der Waals surface area contributed by atoms with Gasteiger partial charge in [-0.25, -0.2) is 0 Å². The predicted octanol–water partition coefficient (Wildman–Crippen LogP) is 3.75. The molecule has 0 atom stereocenters. The molecule has 1 amide bonds. The van der Waals surface area contributed by atoms with Gasteiger partial charge in [0.15, 0.2) is 5.78 Å². The summed E-state index contributed by atoms with van der Waals surface area (Å²) in [5.74, 6) is 0.529. The Morgan fingerprint density at radius 1 is 1.05 bits per heavy atom. The molecule has 0 unspecified atom stereocenters. The number of ketones is 1. The topological polar surface area (TPSA) is 55.4 Å². The second-order valence-corrected chi connectivity index (χ2v) is 5.60. The number of rotatable bonds is 4. The molecular formula is C16H14INO3. The van der Waals surface area contributed by atoms with Gasteiger partial charge >= 0.3 is 0 Å². The number of benzene rings is 2. The number of anilines is 1. The SMILES string of the molecule is COc1ccc(C(=O)Nc2ccc(C(C)=O)cc2)cc1I. The highest BCUT2D eigenvalue weighted by Gasteiger charge is 2.09. The van der Waals surface area contributed by atoms with Gasteiger partial charge in [-0.05, 0) is 72.0 Å². The third kappa shape index (κ3) is 3.81. The van der Waals surface area contributed by atoms with Crippen molar-refractivity contribution in [1.82, 2.24) is 0 Å². The van der Waals surface area contributed by atoms with E-state index in [1.165, 1.54) is 6.92 Å². The average molecular weight is 395 g/mol. The van der Waals surface area contributed by atoms with Crippen LogP contribution in [-0.2, 0) is 0 Å². The molecule has 5 heteroatoms. The highest BCUT2D eigenvalue weighted by molar-refractivity contribution is 14.1. The molecule has 21 heavy (non-hydrogen) atoms. The van der Waals surface area contributed by atoms with Gasteiger partial charge in [0.1, 0.15) is 5.75 Å². The van der Waals surface area contributed by atoms with Crippen LogP contribution in [0.4, 0.5) is 5.69 Å². The summed E-state index contributed by atoms with van der Waals surface area (Å²) in [6.07, 6.45) is 0. The number of nitrogens with one attached hydrogen (secondary N) is 1. The number of carbonyl (C=O) groups is 2. The van der Waals surface area contributed by atoms with Gasteiger partial charge in [-0.15, -0.1) is 0 Å². The number of amides is 1. The fourth-order valence-electron chi connectivity index (χ4n) is 1.80. The van der Waals surface area contributed by atoms with Crippen molar-refractivity contribution in [2.45, 2.75) is 6.92 Å². The number of carbonyl (C=O) groups excluding carboxylic acids is 2. The van der Waals surface area contributed by atoms with E-state index < -0.39 is 0 Å². The van der Waals surface area contributed by atoms with Crippen molar-refractivity contribution >= 4 is 40.0 Å². The Labute approximate surface area is 136 Å². The molecule has 0 aliphatic carbocycles. The number of ether oxygens (including phenoxy) is 1. The van der Waals surface area contributed by atoms with Crippen LogP contribution in [-0.4, -0.2) is 18.8 Å². The van der Waals surface area contributed by atoms with E-state index in [1.54, 1.807) is 49.6 Å². The van der Waals surface area contributed by atoms with Gasteiger partial charge in [-0.2, -0.15) is 0 Å². The molecule has 2 rings (SSSR count). The van der Waals surface area contributed by atoms with Gasteiger partial charge in [0.05, 0.1) is 10.7 Å². The minimum Gasteiger partial charge on any atom is -0.496 e. The van der Waals surface area contributed by atoms with Gasteiger partial charge in [-0.3, -0.25) is 9.59 Å². The molecule has 0 aliphatic rings. The lowest BCUT2D eigenvalue weighted by Crippen LogP contribution is -2.12. The monoisotopic (exact) mass is 395 g/mol. The molecule has 0 bridgehead atoms. The van der Waals surface area contributed by atoms with E-state index in [1.807, 2.05) is 0 Å². The molecule has 0 fully saturated rings. The maximum Gasteiger partial charge on any atom is 0.255 e. The lowest BCUT2D eigenvalue weighted by molar-refractivity contribution is 0.101. The summed E-state index contributed by atoms with van der Waals surface area (Å²) >= 11 is 2.12. The molecule has 0 saturated heterocycles. The maximum atomic E-state index is 12.2. The lowest BCUT2D eigenvalue weighted by atomic mass is 10.1. The fraction of sp³-hybridized carbons (Fsp3) is 0.125. The first-order valence-corrected chi connectivity index (χ1v) is 7.35. The molecule has 0 aromatic heterocycles. The zero-order valence-corrected chi connectivity index (χ0v) is 13.8. The third-order valence-corrected chi connectivity index (χ3v) is 3.81. The number of hydrogen-bond donors (Lipinski definition) is 1. The van der Waals surface area contributed by atoms with Gasteiger partial charge < -0.3 is 10.1 Å². The van der Waals surface area contributed by atoms with E-state index in [-0.39, 0.29) is 11.7 Å². The molecular weight excluding hydrogens is 381 g/mol. The van der Waals surface area contributed by atoms with Crippen molar-refractivity contribution in [2.75, 3.05) is 12.4 Å². The summed E-state index contributed by atoms with van der Waals surface area (Å²) in [6.45, 7) is 1.51. The summed E-state index contributed by atoms with van der Waals surface area (Å²) in [5, 5.41) is 2.79. The normalized spacial score (nSPS) is 10.0. The average Bonchev–Trinajstić information content (AvgIpc) is 2.47. The highest BCUT2D eigenvalue weighted by Crippen LogP contribution is 2.22. The Balaban J connectivity index is 2.14. The predicted molar refractivity (Wildman–Crippen MR) is 90.1 cm³/mol. The minimum absolute atomic E-state index is 0.00224.